The fourth-order valence-corrected chi connectivity index (χ4v) is 3.37. The summed E-state index contributed by atoms with van der Waals surface area (Å²) in [4.78, 5) is 2.45. The van der Waals surface area contributed by atoms with Crippen LogP contribution in [0.2, 0.25) is 0 Å². The molecule has 2 unspecified atom stereocenters. The van der Waals surface area contributed by atoms with Gasteiger partial charge in [-0.05, 0) is 31.6 Å². The van der Waals surface area contributed by atoms with Gasteiger partial charge in [0.1, 0.15) is 0 Å². The van der Waals surface area contributed by atoms with Crippen molar-refractivity contribution in [2.24, 2.45) is 11.7 Å². The molecule has 84 valence electrons. The van der Waals surface area contributed by atoms with Gasteiger partial charge >= 0.3 is 0 Å². The molecule has 0 aliphatic carbocycles. The number of nitrogens with two attached hydrogens (primary N) is 1. The molecule has 1 fully saturated rings. The van der Waals surface area contributed by atoms with Crippen molar-refractivity contribution in [1.82, 2.24) is 4.90 Å². The van der Waals surface area contributed by atoms with E-state index in [9.17, 15) is 0 Å². The van der Waals surface area contributed by atoms with E-state index in [1.807, 2.05) is 0 Å². The van der Waals surface area contributed by atoms with Gasteiger partial charge < -0.3 is 10.6 Å². The van der Waals surface area contributed by atoms with E-state index in [1.165, 1.54) is 17.9 Å². The molecule has 1 aliphatic rings. The number of hydrogen-bond acceptors (Lipinski definition) is 3. The van der Waals surface area contributed by atoms with E-state index in [2.05, 4.69) is 37.6 Å². The summed E-state index contributed by atoms with van der Waals surface area (Å²) in [5.41, 5.74) is 6.09. The normalized spacial score (nSPS) is 24.9. The topological polar surface area (TPSA) is 29.3 Å². The highest BCUT2D eigenvalue weighted by atomic mass is 32.2. The Balaban J connectivity index is 2.21. The molecule has 0 radical (unpaired) electrons. The summed E-state index contributed by atoms with van der Waals surface area (Å²) in [5.74, 6) is 3.34. The van der Waals surface area contributed by atoms with Gasteiger partial charge in [-0.1, -0.05) is 13.8 Å². The Morgan fingerprint density at radius 2 is 2.21 bits per heavy atom. The zero-order valence-corrected chi connectivity index (χ0v) is 10.5. The molecule has 0 spiro atoms. The van der Waals surface area contributed by atoms with Gasteiger partial charge in [0.25, 0.3) is 0 Å². The standard InChI is InChI=1S/C11H24N2S/c1-9(2)6-10(12)7-13(3)11-4-5-14-8-11/h9-11H,4-8,12H2,1-3H3. The molecule has 1 aliphatic heterocycles. The van der Waals surface area contributed by atoms with Crippen LogP contribution in [0.3, 0.4) is 0 Å². The van der Waals surface area contributed by atoms with Gasteiger partial charge in [-0.15, -0.1) is 0 Å². The minimum absolute atomic E-state index is 0.352. The first kappa shape index (κ1) is 12.3. The van der Waals surface area contributed by atoms with Crippen LogP contribution in [-0.2, 0) is 0 Å². The summed E-state index contributed by atoms with van der Waals surface area (Å²) < 4.78 is 0. The van der Waals surface area contributed by atoms with Gasteiger partial charge in [-0.25, -0.2) is 0 Å². The highest BCUT2D eigenvalue weighted by molar-refractivity contribution is 7.99. The lowest BCUT2D eigenvalue weighted by Gasteiger charge is -2.27. The van der Waals surface area contributed by atoms with Gasteiger partial charge in [0, 0.05) is 24.4 Å². The number of hydrogen-bond donors (Lipinski definition) is 1. The molecule has 2 N–H and O–H groups in total. The Morgan fingerprint density at radius 1 is 1.50 bits per heavy atom. The van der Waals surface area contributed by atoms with Gasteiger partial charge in [-0.2, -0.15) is 11.8 Å². The average molecular weight is 216 g/mol. The van der Waals surface area contributed by atoms with Crippen LogP contribution in [0.4, 0.5) is 0 Å². The average Bonchev–Trinajstić information content (AvgIpc) is 2.53. The third kappa shape index (κ3) is 4.20. The van der Waals surface area contributed by atoms with Gasteiger partial charge in [0.15, 0.2) is 0 Å². The highest BCUT2D eigenvalue weighted by Gasteiger charge is 2.21. The maximum Gasteiger partial charge on any atom is 0.0191 e. The van der Waals surface area contributed by atoms with Crippen molar-refractivity contribution in [2.75, 3.05) is 25.1 Å². The fraction of sp³-hybridized carbons (Fsp3) is 1.00. The van der Waals surface area contributed by atoms with Gasteiger partial charge in [0.2, 0.25) is 0 Å². The number of rotatable bonds is 5. The Labute approximate surface area is 92.6 Å². The maximum atomic E-state index is 6.09. The van der Waals surface area contributed by atoms with Crippen molar-refractivity contribution in [3.63, 3.8) is 0 Å². The summed E-state index contributed by atoms with van der Waals surface area (Å²) in [6, 6.07) is 1.13. The maximum absolute atomic E-state index is 6.09. The van der Waals surface area contributed by atoms with Crippen molar-refractivity contribution in [2.45, 2.75) is 38.8 Å². The minimum Gasteiger partial charge on any atom is -0.327 e. The molecule has 0 aromatic heterocycles. The van der Waals surface area contributed by atoms with Crippen LogP contribution in [0.15, 0.2) is 0 Å². The molecular weight excluding hydrogens is 192 g/mol. The second kappa shape index (κ2) is 5.99. The first-order chi connectivity index (χ1) is 6.59. The van der Waals surface area contributed by atoms with Crippen LogP contribution < -0.4 is 5.73 Å². The highest BCUT2D eigenvalue weighted by Crippen LogP contribution is 2.21. The molecule has 0 amide bonds. The van der Waals surface area contributed by atoms with Crippen LogP contribution in [0.25, 0.3) is 0 Å². The predicted molar refractivity (Wildman–Crippen MR) is 65.8 cm³/mol. The lowest BCUT2D eigenvalue weighted by Crippen LogP contribution is -2.41. The zero-order valence-electron chi connectivity index (χ0n) is 9.70. The second-order valence-electron chi connectivity index (χ2n) is 4.85. The molecule has 0 bridgehead atoms. The van der Waals surface area contributed by atoms with Crippen LogP contribution in [0.5, 0.6) is 0 Å². The zero-order chi connectivity index (χ0) is 10.6. The van der Waals surface area contributed by atoms with Crippen LogP contribution >= 0.6 is 11.8 Å². The Morgan fingerprint density at radius 3 is 2.71 bits per heavy atom. The van der Waals surface area contributed by atoms with Crippen molar-refractivity contribution in [1.29, 1.82) is 0 Å². The van der Waals surface area contributed by atoms with Crippen LogP contribution in [0, 0.1) is 5.92 Å². The lowest BCUT2D eigenvalue weighted by molar-refractivity contribution is 0.237. The molecule has 0 aromatic carbocycles. The molecule has 1 heterocycles. The van der Waals surface area contributed by atoms with Crippen molar-refractivity contribution in [3.05, 3.63) is 0 Å². The smallest absolute Gasteiger partial charge is 0.0191 e. The van der Waals surface area contributed by atoms with E-state index in [-0.39, 0.29) is 0 Å². The van der Waals surface area contributed by atoms with E-state index >= 15 is 0 Å². The molecular formula is C11H24N2S. The summed E-state index contributed by atoms with van der Waals surface area (Å²) >= 11 is 2.07. The van der Waals surface area contributed by atoms with Crippen molar-refractivity contribution < 1.29 is 0 Å². The van der Waals surface area contributed by atoms with Crippen LogP contribution in [0.1, 0.15) is 26.7 Å². The van der Waals surface area contributed by atoms with Gasteiger partial charge in [-0.3, -0.25) is 0 Å². The Kier molecular flexibility index (Phi) is 5.28. The molecule has 14 heavy (non-hydrogen) atoms. The first-order valence-electron chi connectivity index (χ1n) is 5.63. The number of thioether (sulfide) groups is 1. The van der Waals surface area contributed by atoms with E-state index < -0.39 is 0 Å². The Hall–Kier alpha value is 0.270. The monoisotopic (exact) mass is 216 g/mol. The first-order valence-corrected chi connectivity index (χ1v) is 6.78. The van der Waals surface area contributed by atoms with E-state index in [0.29, 0.717) is 6.04 Å². The largest absolute Gasteiger partial charge is 0.327 e. The summed E-state index contributed by atoms with van der Waals surface area (Å²) in [6.45, 7) is 5.54. The minimum atomic E-state index is 0.352. The number of likely N-dealkylation sites (N-methyl/N-ethyl adjacent to an activating group) is 1. The SMILES string of the molecule is CC(C)CC(N)CN(C)C1CCSC1. The molecule has 1 rings (SSSR count). The molecule has 2 atom stereocenters. The Bertz CT molecular complexity index is 155. The third-order valence-electron chi connectivity index (χ3n) is 2.83. The lowest BCUT2D eigenvalue weighted by atomic mass is 10.0. The van der Waals surface area contributed by atoms with Crippen LogP contribution in [-0.4, -0.2) is 42.1 Å². The molecule has 0 aromatic rings. The third-order valence-corrected chi connectivity index (χ3v) is 3.97. The summed E-state index contributed by atoms with van der Waals surface area (Å²) in [6.07, 6.45) is 2.49. The molecule has 1 saturated heterocycles. The quantitative estimate of drug-likeness (QED) is 0.760. The van der Waals surface area contributed by atoms with Gasteiger partial charge in [0.05, 0.1) is 0 Å². The second-order valence-corrected chi connectivity index (χ2v) is 6.00. The molecule has 3 heteroatoms. The van der Waals surface area contributed by atoms with Crippen molar-refractivity contribution in [3.8, 4) is 0 Å². The van der Waals surface area contributed by atoms with E-state index in [4.69, 9.17) is 5.73 Å². The molecule has 0 saturated carbocycles. The number of nitrogens with zero attached hydrogens (tertiary/aromatic N) is 1. The van der Waals surface area contributed by atoms with Crippen molar-refractivity contribution >= 4 is 11.8 Å². The summed E-state index contributed by atoms with van der Waals surface area (Å²) in [7, 11) is 2.22. The van der Waals surface area contributed by atoms with E-state index in [0.717, 1.165) is 24.9 Å². The molecule has 2 nitrogen and oxygen atoms in total. The predicted octanol–water partition coefficient (Wildman–Crippen LogP) is 1.80. The van der Waals surface area contributed by atoms with E-state index in [1.54, 1.807) is 0 Å². The fourth-order valence-electron chi connectivity index (χ4n) is 2.07. The summed E-state index contributed by atoms with van der Waals surface area (Å²) in [5, 5.41) is 0.